The maximum absolute atomic E-state index is 11.2. The van der Waals surface area contributed by atoms with Crippen molar-refractivity contribution in [3.63, 3.8) is 0 Å². The first-order chi connectivity index (χ1) is 11.9. The lowest BCUT2D eigenvalue weighted by molar-refractivity contribution is 0.416. The van der Waals surface area contributed by atoms with Crippen molar-refractivity contribution in [1.82, 2.24) is 0 Å². The van der Waals surface area contributed by atoms with Crippen molar-refractivity contribution in [3.8, 4) is 11.5 Å². The number of hydrogen-bond donors (Lipinski definition) is 2. The second-order valence-electron chi connectivity index (χ2n) is 5.23. The normalized spacial score (nSPS) is 11.9. The van der Waals surface area contributed by atoms with E-state index in [1.807, 2.05) is 12.1 Å². The van der Waals surface area contributed by atoms with E-state index >= 15 is 0 Å². The van der Waals surface area contributed by atoms with Gasteiger partial charge in [0.2, 0.25) is 10.0 Å². The maximum atomic E-state index is 11.2. The first kappa shape index (κ1) is 16.9. The number of phenols is 1. The van der Waals surface area contributed by atoms with Gasteiger partial charge >= 0.3 is 0 Å². The summed E-state index contributed by atoms with van der Waals surface area (Å²) in [6.45, 7) is 0. The van der Waals surface area contributed by atoms with Crippen molar-refractivity contribution in [3.05, 3.63) is 54.6 Å². The Labute approximate surface area is 144 Å². The molecule has 0 spiro atoms. The molecule has 25 heavy (non-hydrogen) atoms. The number of benzene rings is 3. The molecule has 0 aliphatic carbocycles. The van der Waals surface area contributed by atoms with Crippen LogP contribution in [0.1, 0.15) is 0 Å². The van der Waals surface area contributed by atoms with Gasteiger partial charge in [-0.3, -0.25) is 0 Å². The molecule has 0 radical (unpaired) electrons. The predicted octanol–water partition coefficient (Wildman–Crippen LogP) is 3.62. The summed E-state index contributed by atoms with van der Waals surface area (Å²) in [6.07, 6.45) is 0. The molecule has 0 unspecified atom stereocenters. The number of methoxy groups -OCH3 is 1. The number of ether oxygens (including phenoxy) is 1. The Morgan fingerprint density at radius 1 is 1.00 bits per heavy atom. The lowest BCUT2D eigenvalue weighted by Crippen LogP contribution is -2.11. The van der Waals surface area contributed by atoms with Gasteiger partial charge in [0.05, 0.1) is 23.1 Å². The Kier molecular flexibility index (Phi) is 4.39. The minimum atomic E-state index is -3.75. The SMILES string of the molecule is COc1cccc2ccc(N=Nc3ccc(S(N)(=O)=O)cc3)c(O)c12. The highest BCUT2D eigenvalue weighted by Crippen LogP contribution is 2.40. The van der Waals surface area contributed by atoms with Gasteiger partial charge in [0.1, 0.15) is 11.4 Å². The molecule has 0 amide bonds. The predicted molar refractivity (Wildman–Crippen MR) is 94.2 cm³/mol. The molecule has 0 heterocycles. The van der Waals surface area contributed by atoms with Gasteiger partial charge in [-0.2, -0.15) is 5.11 Å². The van der Waals surface area contributed by atoms with Crippen LogP contribution in [0, 0.1) is 0 Å². The Morgan fingerprint density at radius 2 is 1.72 bits per heavy atom. The van der Waals surface area contributed by atoms with E-state index in [9.17, 15) is 13.5 Å². The molecule has 8 heteroatoms. The summed E-state index contributed by atoms with van der Waals surface area (Å²) in [5.41, 5.74) is 0.694. The van der Waals surface area contributed by atoms with Gasteiger partial charge in [0.25, 0.3) is 0 Å². The second kappa shape index (κ2) is 6.50. The van der Waals surface area contributed by atoms with Gasteiger partial charge < -0.3 is 9.84 Å². The van der Waals surface area contributed by atoms with Gasteiger partial charge in [-0.15, -0.1) is 5.11 Å². The lowest BCUT2D eigenvalue weighted by atomic mass is 10.1. The number of fused-ring (bicyclic) bond motifs is 1. The largest absolute Gasteiger partial charge is 0.505 e. The summed E-state index contributed by atoms with van der Waals surface area (Å²) >= 11 is 0. The van der Waals surface area contributed by atoms with Gasteiger partial charge in [-0.05, 0) is 41.8 Å². The number of rotatable bonds is 4. The molecular formula is C17H15N3O4S. The molecule has 0 aliphatic rings. The van der Waals surface area contributed by atoms with E-state index in [0.29, 0.717) is 16.8 Å². The minimum Gasteiger partial charge on any atom is -0.505 e. The molecular weight excluding hydrogens is 342 g/mol. The standard InChI is InChI=1S/C17H15N3O4S/c1-24-15-4-2-3-11-5-10-14(17(21)16(11)15)20-19-12-6-8-13(9-7-12)25(18,22)23/h2-10,21H,1H3,(H2,18,22,23). The van der Waals surface area contributed by atoms with Gasteiger partial charge in [-0.1, -0.05) is 18.2 Å². The third-order valence-corrected chi connectivity index (χ3v) is 4.55. The molecule has 3 N–H and O–H groups in total. The molecule has 3 aromatic carbocycles. The van der Waals surface area contributed by atoms with Crippen molar-refractivity contribution >= 4 is 32.2 Å². The van der Waals surface area contributed by atoms with E-state index in [1.54, 1.807) is 18.2 Å². The van der Waals surface area contributed by atoms with Crippen LogP contribution in [-0.4, -0.2) is 20.6 Å². The van der Waals surface area contributed by atoms with E-state index < -0.39 is 10.0 Å². The molecule has 3 rings (SSSR count). The Morgan fingerprint density at radius 3 is 2.36 bits per heavy atom. The number of nitrogens with two attached hydrogens (primary N) is 1. The average Bonchev–Trinajstić information content (AvgIpc) is 2.60. The van der Waals surface area contributed by atoms with Crippen molar-refractivity contribution in [2.24, 2.45) is 15.4 Å². The molecule has 0 saturated carbocycles. The highest BCUT2D eigenvalue weighted by molar-refractivity contribution is 7.89. The third kappa shape index (κ3) is 3.44. The van der Waals surface area contributed by atoms with Crippen molar-refractivity contribution in [1.29, 1.82) is 0 Å². The number of azo groups is 1. The summed E-state index contributed by atoms with van der Waals surface area (Å²) in [4.78, 5) is -0.00950. The first-order valence-corrected chi connectivity index (χ1v) is 8.78. The zero-order valence-corrected chi connectivity index (χ0v) is 14.1. The highest BCUT2D eigenvalue weighted by atomic mass is 32.2. The van der Waals surface area contributed by atoms with Gasteiger partial charge in [-0.25, -0.2) is 13.6 Å². The third-order valence-electron chi connectivity index (χ3n) is 3.62. The van der Waals surface area contributed by atoms with Crippen LogP contribution in [0.3, 0.4) is 0 Å². The van der Waals surface area contributed by atoms with Gasteiger partial charge in [0, 0.05) is 0 Å². The maximum Gasteiger partial charge on any atom is 0.238 e. The Hall–Kier alpha value is -2.97. The summed E-state index contributed by atoms with van der Waals surface area (Å²) in [5, 5.41) is 24.9. The van der Waals surface area contributed by atoms with Crippen LogP contribution in [0.25, 0.3) is 10.8 Å². The smallest absolute Gasteiger partial charge is 0.238 e. The fraction of sp³-hybridized carbons (Fsp3) is 0.0588. The first-order valence-electron chi connectivity index (χ1n) is 7.23. The molecule has 0 fully saturated rings. The molecule has 7 nitrogen and oxygen atoms in total. The van der Waals surface area contributed by atoms with Gasteiger partial charge in [0.15, 0.2) is 5.75 Å². The highest BCUT2D eigenvalue weighted by Gasteiger charge is 2.11. The van der Waals surface area contributed by atoms with Crippen LogP contribution < -0.4 is 9.88 Å². The Bertz CT molecular complexity index is 1060. The number of sulfonamides is 1. The lowest BCUT2D eigenvalue weighted by Gasteiger charge is -2.08. The van der Waals surface area contributed by atoms with E-state index in [0.717, 1.165) is 5.39 Å². The second-order valence-corrected chi connectivity index (χ2v) is 6.79. The molecule has 3 aromatic rings. The molecule has 0 atom stereocenters. The summed E-state index contributed by atoms with van der Waals surface area (Å²) in [5.74, 6) is 0.490. The van der Waals surface area contributed by atoms with Crippen LogP contribution in [0.15, 0.2) is 69.7 Å². The fourth-order valence-electron chi connectivity index (χ4n) is 2.38. The van der Waals surface area contributed by atoms with Crippen molar-refractivity contribution < 1.29 is 18.3 Å². The molecule has 0 bridgehead atoms. The minimum absolute atomic E-state index is 0.00950. The molecule has 0 saturated heterocycles. The number of phenolic OH excluding ortho intramolecular Hbond substituents is 1. The number of nitrogens with zero attached hydrogens (tertiary/aromatic N) is 2. The number of aromatic hydroxyl groups is 1. The van der Waals surface area contributed by atoms with Crippen LogP contribution in [-0.2, 0) is 10.0 Å². The van der Waals surface area contributed by atoms with E-state index in [1.165, 1.54) is 31.4 Å². The van der Waals surface area contributed by atoms with Crippen LogP contribution in [0.5, 0.6) is 11.5 Å². The van der Waals surface area contributed by atoms with Crippen LogP contribution in [0.2, 0.25) is 0 Å². The molecule has 0 aromatic heterocycles. The average molecular weight is 357 g/mol. The fourth-order valence-corrected chi connectivity index (χ4v) is 2.90. The molecule has 128 valence electrons. The van der Waals surface area contributed by atoms with Crippen molar-refractivity contribution in [2.75, 3.05) is 7.11 Å². The number of primary sulfonamides is 1. The van der Waals surface area contributed by atoms with Crippen LogP contribution in [0.4, 0.5) is 11.4 Å². The topological polar surface area (TPSA) is 114 Å². The zero-order valence-electron chi connectivity index (χ0n) is 13.2. The summed E-state index contributed by atoms with van der Waals surface area (Å²) in [6, 6.07) is 14.5. The molecule has 0 aliphatic heterocycles. The quantitative estimate of drug-likeness (QED) is 0.694. The van der Waals surface area contributed by atoms with E-state index in [4.69, 9.17) is 9.88 Å². The zero-order chi connectivity index (χ0) is 18.0. The van der Waals surface area contributed by atoms with E-state index in [2.05, 4.69) is 10.2 Å². The Balaban J connectivity index is 1.98. The number of hydrogen-bond acceptors (Lipinski definition) is 6. The van der Waals surface area contributed by atoms with Crippen LogP contribution >= 0.6 is 0 Å². The monoisotopic (exact) mass is 357 g/mol. The van der Waals surface area contributed by atoms with Crippen molar-refractivity contribution in [2.45, 2.75) is 4.90 Å². The summed E-state index contributed by atoms with van der Waals surface area (Å²) in [7, 11) is -2.23. The van der Waals surface area contributed by atoms with E-state index in [-0.39, 0.29) is 16.3 Å². The summed E-state index contributed by atoms with van der Waals surface area (Å²) < 4.78 is 27.7.